The van der Waals surface area contributed by atoms with Crippen LogP contribution in [0.25, 0.3) is 22.2 Å². The Morgan fingerprint density at radius 3 is 2.76 bits per heavy atom. The molecule has 1 aliphatic rings. The lowest BCUT2D eigenvalue weighted by Gasteiger charge is -2.15. The van der Waals surface area contributed by atoms with Crippen molar-refractivity contribution in [3.63, 3.8) is 0 Å². The van der Waals surface area contributed by atoms with Crippen molar-refractivity contribution >= 4 is 16.9 Å². The number of rotatable bonds is 3. The third kappa shape index (κ3) is 4.31. The van der Waals surface area contributed by atoms with Crippen LogP contribution in [0.3, 0.4) is 0 Å². The Hall–Kier alpha value is -3.16. The Labute approximate surface area is 164 Å². The summed E-state index contributed by atoms with van der Waals surface area (Å²) in [6, 6.07) is 6.87. The average molecular weight is 404 g/mol. The molecule has 152 valence electrons. The molecule has 0 amide bonds. The minimum Gasteiger partial charge on any atom is -0.400 e. The van der Waals surface area contributed by atoms with Crippen LogP contribution in [0.4, 0.5) is 19.1 Å². The van der Waals surface area contributed by atoms with Crippen molar-refractivity contribution in [3.05, 3.63) is 41.7 Å². The summed E-state index contributed by atoms with van der Waals surface area (Å²) < 4.78 is 40.6. The van der Waals surface area contributed by atoms with Crippen molar-refractivity contribution in [2.24, 2.45) is 0 Å². The van der Waals surface area contributed by atoms with Gasteiger partial charge in [0.1, 0.15) is 5.56 Å². The predicted molar refractivity (Wildman–Crippen MR) is 102 cm³/mol. The molecule has 3 heterocycles. The van der Waals surface area contributed by atoms with Gasteiger partial charge in [-0.05, 0) is 25.1 Å². The number of H-pyrrole nitrogens is 1. The van der Waals surface area contributed by atoms with E-state index in [0.29, 0.717) is 28.6 Å². The van der Waals surface area contributed by atoms with Gasteiger partial charge in [0, 0.05) is 48.6 Å². The normalized spacial score (nSPS) is 16.2. The van der Waals surface area contributed by atoms with E-state index >= 15 is 0 Å². The van der Waals surface area contributed by atoms with E-state index in [2.05, 4.69) is 25.6 Å². The van der Waals surface area contributed by atoms with Gasteiger partial charge >= 0.3 is 6.18 Å². The van der Waals surface area contributed by atoms with Crippen molar-refractivity contribution < 1.29 is 18.3 Å². The molecule has 1 atom stereocenters. The number of hydrogen-bond donors (Lipinski definition) is 4. The van der Waals surface area contributed by atoms with Gasteiger partial charge in [-0.2, -0.15) is 18.4 Å². The first kappa shape index (κ1) is 20.6. The quantitative estimate of drug-likeness (QED) is 0.534. The van der Waals surface area contributed by atoms with Gasteiger partial charge < -0.3 is 20.7 Å². The molecule has 4 N–H and O–H groups in total. The molecular weight excluding hydrogens is 385 g/mol. The van der Waals surface area contributed by atoms with Gasteiger partial charge in [0.2, 0.25) is 5.95 Å². The second kappa shape index (κ2) is 8.46. The predicted octanol–water partition coefficient (Wildman–Crippen LogP) is 2.90. The number of anilines is 1. The zero-order chi connectivity index (χ0) is 21.0. The van der Waals surface area contributed by atoms with E-state index in [1.807, 2.05) is 6.07 Å². The molecule has 1 unspecified atom stereocenters. The number of nitriles is 1. The molecule has 1 saturated heterocycles. The van der Waals surface area contributed by atoms with Gasteiger partial charge in [-0.3, -0.25) is 0 Å². The summed E-state index contributed by atoms with van der Waals surface area (Å²) in [6.07, 6.45) is -1.44. The molecule has 1 aliphatic heterocycles. The standard InChI is InChI=1S/C18H15F3N6.CH4O/c19-18(20,21)14-9-25-17(26-11-3-4-23-7-11)27-16(14)13-8-24-15-5-10(6-22)1-2-12(13)15;1-2/h1-2,5,8-9,11,23-24H,3-4,7H2,(H,25,26,27);2H,1H3. The number of alkyl halides is 3. The SMILES string of the molecule is CO.N#Cc1ccc2c(-c3nc(NC4CCNC4)ncc3C(F)(F)F)c[nH]c2c1. The Balaban J connectivity index is 0.00000117. The van der Waals surface area contributed by atoms with Crippen LogP contribution in [0.2, 0.25) is 0 Å². The number of aromatic amines is 1. The number of hydrogen-bond acceptors (Lipinski definition) is 6. The molecule has 0 radical (unpaired) electrons. The fourth-order valence-corrected chi connectivity index (χ4v) is 3.22. The second-order valence-corrected chi connectivity index (χ2v) is 6.36. The number of benzene rings is 1. The third-order valence-electron chi connectivity index (χ3n) is 4.55. The first-order valence-electron chi connectivity index (χ1n) is 8.83. The highest BCUT2D eigenvalue weighted by Crippen LogP contribution is 2.38. The van der Waals surface area contributed by atoms with Crippen LogP contribution >= 0.6 is 0 Å². The summed E-state index contributed by atoms with van der Waals surface area (Å²) in [5.74, 6) is 0.162. The molecular formula is C19H19F3N6O. The van der Waals surface area contributed by atoms with Gasteiger partial charge in [-0.1, -0.05) is 6.07 Å². The lowest BCUT2D eigenvalue weighted by Crippen LogP contribution is -2.24. The van der Waals surface area contributed by atoms with Crippen LogP contribution in [-0.4, -0.2) is 46.3 Å². The maximum Gasteiger partial charge on any atom is 0.419 e. The first-order chi connectivity index (χ1) is 14.0. The molecule has 0 spiro atoms. The summed E-state index contributed by atoms with van der Waals surface area (Å²) in [5.41, 5.74) is 0.220. The maximum absolute atomic E-state index is 13.5. The van der Waals surface area contributed by atoms with Crippen LogP contribution in [0.1, 0.15) is 17.5 Å². The van der Waals surface area contributed by atoms with E-state index in [-0.39, 0.29) is 17.7 Å². The summed E-state index contributed by atoms with van der Waals surface area (Å²) >= 11 is 0. The maximum atomic E-state index is 13.5. The fraction of sp³-hybridized carbons (Fsp3) is 0.316. The largest absolute Gasteiger partial charge is 0.419 e. The number of aliphatic hydroxyl groups is 1. The van der Waals surface area contributed by atoms with E-state index in [4.69, 9.17) is 10.4 Å². The summed E-state index contributed by atoms with van der Waals surface area (Å²) in [4.78, 5) is 11.0. The van der Waals surface area contributed by atoms with Crippen molar-refractivity contribution in [1.82, 2.24) is 20.3 Å². The Morgan fingerprint density at radius 1 is 1.31 bits per heavy atom. The third-order valence-corrected chi connectivity index (χ3v) is 4.55. The molecule has 0 aliphatic carbocycles. The minimum absolute atomic E-state index is 0.0794. The molecule has 3 aromatic rings. The van der Waals surface area contributed by atoms with E-state index < -0.39 is 11.7 Å². The number of aromatic nitrogens is 3. The van der Waals surface area contributed by atoms with Gasteiger partial charge in [0.25, 0.3) is 0 Å². The number of halogens is 3. The molecule has 29 heavy (non-hydrogen) atoms. The average Bonchev–Trinajstić information content (AvgIpc) is 3.37. The first-order valence-corrected chi connectivity index (χ1v) is 8.83. The molecule has 7 nitrogen and oxygen atoms in total. The van der Waals surface area contributed by atoms with Crippen LogP contribution < -0.4 is 10.6 Å². The molecule has 1 fully saturated rings. The number of nitrogens with zero attached hydrogens (tertiary/aromatic N) is 3. The fourth-order valence-electron chi connectivity index (χ4n) is 3.22. The summed E-state index contributed by atoms with van der Waals surface area (Å²) in [5, 5.41) is 22.8. The molecule has 1 aromatic carbocycles. The van der Waals surface area contributed by atoms with Crippen molar-refractivity contribution in [2.75, 3.05) is 25.5 Å². The molecule has 4 rings (SSSR count). The Morgan fingerprint density at radius 2 is 2.10 bits per heavy atom. The highest BCUT2D eigenvalue weighted by Gasteiger charge is 2.36. The van der Waals surface area contributed by atoms with Crippen LogP contribution in [0.5, 0.6) is 0 Å². The lowest BCUT2D eigenvalue weighted by atomic mass is 10.0. The lowest BCUT2D eigenvalue weighted by molar-refractivity contribution is -0.137. The van der Waals surface area contributed by atoms with E-state index in [9.17, 15) is 13.2 Å². The molecule has 2 aromatic heterocycles. The van der Waals surface area contributed by atoms with Gasteiger partial charge in [0.15, 0.2) is 0 Å². The second-order valence-electron chi connectivity index (χ2n) is 6.36. The highest BCUT2D eigenvalue weighted by atomic mass is 19.4. The van der Waals surface area contributed by atoms with Crippen LogP contribution in [-0.2, 0) is 6.18 Å². The van der Waals surface area contributed by atoms with E-state index in [0.717, 1.165) is 26.3 Å². The molecule has 10 heteroatoms. The van der Waals surface area contributed by atoms with Crippen LogP contribution in [0.15, 0.2) is 30.6 Å². The number of nitrogens with one attached hydrogen (secondary N) is 3. The number of aliphatic hydroxyl groups excluding tert-OH is 1. The summed E-state index contributed by atoms with van der Waals surface area (Å²) in [6.45, 7) is 1.55. The highest BCUT2D eigenvalue weighted by molar-refractivity contribution is 5.96. The molecule has 0 saturated carbocycles. The van der Waals surface area contributed by atoms with Gasteiger partial charge in [0.05, 0.1) is 17.3 Å². The molecule has 0 bridgehead atoms. The Bertz CT molecular complexity index is 1030. The van der Waals surface area contributed by atoms with E-state index in [1.54, 1.807) is 18.2 Å². The minimum atomic E-state index is -4.58. The van der Waals surface area contributed by atoms with E-state index in [1.165, 1.54) is 6.20 Å². The topological polar surface area (TPSA) is 110 Å². The number of fused-ring (bicyclic) bond motifs is 1. The van der Waals surface area contributed by atoms with Crippen molar-refractivity contribution in [2.45, 2.75) is 18.6 Å². The summed E-state index contributed by atoms with van der Waals surface area (Å²) in [7, 11) is 1.00. The smallest absolute Gasteiger partial charge is 0.400 e. The van der Waals surface area contributed by atoms with Crippen LogP contribution in [0, 0.1) is 11.3 Å². The monoisotopic (exact) mass is 404 g/mol. The van der Waals surface area contributed by atoms with Gasteiger partial charge in [-0.25, -0.2) is 9.97 Å². The zero-order valence-corrected chi connectivity index (χ0v) is 15.5. The van der Waals surface area contributed by atoms with Crippen molar-refractivity contribution in [3.8, 4) is 17.3 Å². The van der Waals surface area contributed by atoms with Crippen molar-refractivity contribution in [1.29, 1.82) is 5.26 Å². The van der Waals surface area contributed by atoms with Gasteiger partial charge in [-0.15, -0.1) is 0 Å². The Kier molecular flexibility index (Phi) is 6.00. The zero-order valence-electron chi connectivity index (χ0n) is 15.5.